The van der Waals surface area contributed by atoms with Gasteiger partial charge < -0.3 is 34.3 Å². The number of carbonyl (C=O) groups excluding carboxylic acids is 2. The van der Waals surface area contributed by atoms with Gasteiger partial charge in [-0.1, -0.05) is 193 Å². The number of carbonyl (C=O) groups is 2. The van der Waals surface area contributed by atoms with Crippen LogP contribution in [0, 0.1) is 0 Å². The van der Waals surface area contributed by atoms with E-state index < -0.39 is 71.2 Å². The standard InChI is InChI=1S/C49H92O12S/c1-3-5-7-9-11-13-15-17-19-20-21-22-24-25-27-29-31-33-35-37-44(50)58-39-42(40-59-49-48(54)47(53)46(52)43(61-49)41-62(55,56)57)60-45(51)38-36-34-32-30-28-26-23-18-16-14-12-10-8-6-4-2/h26,28,42-43,46-49,52-54H,3-25,27,29-41H2,1-2H3,(H,55,56,57)/b28-26+/t42-,43-,46-,47?,48?,49+/m1/s1. The average molecular weight is 905 g/mol. The number of aliphatic hydroxyl groups is 3. The molecule has 1 aliphatic heterocycles. The van der Waals surface area contributed by atoms with Gasteiger partial charge in [-0.2, -0.15) is 8.42 Å². The van der Waals surface area contributed by atoms with E-state index in [1.165, 1.54) is 148 Å². The van der Waals surface area contributed by atoms with E-state index in [-0.39, 0.29) is 19.4 Å². The number of hydrogen-bond acceptors (Lipinski definition) is 11. The zero-order valence-corrected chi connectivity index (χ0v) is 40.1. The van der Waals surface area contributed by atoms with Crippen molar-refractivity contribution in [2.75, 3.05) is 19.0 Å². The van der Waals surface area contributed by atoms with Crippen molar-refractivity contribution >= 4 is 22.1 Å². The van der Waals surface area contributed by atoms with E-state index in [9.17, 15) is 37.9 Å². The van der Waals surface area contributed by atoms with Crippen molar-refractivity contribution in [1.82, 2.24) is 0 Å². The topological polar surface area (TPSA) is 186 Å². The lowest BCUT2D eigenvalue weighted by atomic mass is 10.00. The fourth-order valence-corrected chi connectivity index (χ4v) is 8.60. The predicted octanol–water partition coefficient (Wildman–Crippen LogP) is 11.0. The van der Waals surface area contributed by atoms with Crippen LogP contribution in [0.2, 0.25) is 0 Å². The Morgan fingerprint density at radius 2 is 0.919 bits per heavy atom. The molecule has 4 N–H and O–H groups in total. The van der Waals surface area contributed by atoms with Crippen LogP contribution >= 0.6 is 0 Å². The zero-order chi connectivity index (χ0) is 45.5. The van der Waals surface area contributed by atoms with Crippen LogP contribution in [-0.4, -0.2) is 96.0 Å². The van der Waals surface area contributed by atoms with E-state index in [4.69, 9.17) is 18.9 Å². The molecule has 6 atom stereocenters. The second-order valence-corrected chi connectivity index (χ2v) is 19.3. The minimum atomic E-state index is -4.60. The van der Waals surface area contributed by atoms with E-state index in [0.717, 1.165) is 44.9 Å². The Kier molecular flexibility index (Phi) is 37.4. The lowest BCUT2D eigenvalue weighted by molar-refractivity contribution is -0.297. The van der Waals surface area contributed by atoms with Gasteiger partial charge in [-0.3, -0.25) is 14.1 Å². The van der Waals surface area contributed by atoms with Crippen LogP contribution in [-0.2, 0) is 38.7 Å². The first-order valence-corrected chi connectivity index (χ1v) is 26.9. The SMILES string of the molecule is CCCCCCCCCC/C=C/CCCCCC(=O)O[C@H](COC(=O)CCCCCCCCCCCCCCCCCCCCC)CO[C@H]1O[C@H](CS(=O)(=O)O)[C@@H](O)C(O)C1O. The summed E-state index contributed by atoms with van der Waals surface area (Å²) in [5.41, 5.74) is 0. The Hall–Kier alpha value is -1.61. The molecule has 12 nitrogen and oxygen atoms in total. The minimum Gasteiger partial charge on any atom is -0.462 e. The molecule has 62 heavy (non-hydrogen) atoms. The van der Waals surface area contributed by atoms with Crippen molar-refractivity contribution in [2.24, 2.45) is 0 Å². The highest BCUT2D eigenvalue weighted by Crippen LogP contribution is 2.24. The number of allylic oxidation sites excluding steroid dienone is 2. The average Bonchev–Trinajstić information content (AvgIpc) is 3.24. The van der Waals surface area contributed by atoms with Gasteiger partial charge in [0.25, 0.3) is 10.1 Å². The normalized spacial score (nSPS) is 19.9. The smallest absolute Gasteiger partial charge is 0.306 e. The summed E-state index contributed by atoms with van der Waals surface area (Å²) < 4.78 is 54.2. The fourth-order valence-electron chi connectivity index (χ4n) is 7.91. The van der Waals surface area contributed by atoms with Gasteiger partial charge in [0.15, 0.2) is 12.4 Å². The van der Waals surface area contributed by atoms with Crippen LogP contribution < -0.4 is 0 Å². The lowest BCUT2D eigenvalue weighted by Crippen LogP contribution is -2.60. The third-order valence-electron chi connectivity index (χ3n) is 11.8. The summed E-state index contributed by atoms with van der Waals surface area (Å²) in [5.74, 6) is -1.99. The van der Waals surface area contributed by atoms with Gasteiger partial charge in [0.05, 0.1) is 6.61 Å². The van der Waals surface area contributed by atoms with E-state index >= 15 is 0 Å². The molecule has 1 heterocycles. The molecule has 1 fully saturated rings. The molecular weight excluding hydrogens is 813 g/mol. The van der Waals surface area contributed by atoms with E-state index in [0.29, 0.717) is 12.8 Å². The second-order valence-electron chi connectivity index (χ2n) is 17.8. The lowest BCUT2D eigenvalue weighted by Gasteiger charge is -2.40. The molecule has 0 amide bonds. The van der Waals surface area contributed by atoms with Crippen molar-refractivity contribution in [3.8, 4) is 0 Å². The first-order chi connectivity index (χ1) is 30.0. The molecule has 0 aromatic rings. The maximum atomic E-state index is 12.8. The highest BCUT2D eigenvalue weighted by molar-refractivity contribution is 7.85. The van der Waals surface area contributed by atoms with Crippen molar-refractivity contribution in [3.63, 3.8) is 0 Å². The molecule has 1 aliphatic rings. The van der Waals surface area contributed by atoms with Crippen molar-refractivity contribution in [3.05, 3.63) is 12.2 Å². The van der Waals surface area contributed by atoms with Crippen molar-refractivity contribution in [1.29, 1.82) is 0 Å². The number of aliphatic hydroxyl groups excluding tert-OH is 3. The van der Waals surface area contributed by atoms with E-state index in [1.54, 1.807) is 0 Å². The second kappa shape index (κ2) is 39.7. The first-order valence-electron chi connectivity index (χ1n) is 25.2. The number of unbranched alkanes of at least 4 members (excludes halogenated alkanes) is 29. The molecule has 0 bridgehead atoms. The summed E-state index contributed by atoms with van der Waals surface area (Å²) >= 11 is 0. The maximum absolute atomic E-state index is 12.8. The third-order valence-corrected chi connectivity index (χ3v) is 12.6. The van der Waals surface area contributed by atoms with Gasteiger partial charge in [0, 0.05) is 12.8 Å². The Balaban J connectivity index is 2.37. The summed E-state index contributed by atoms with van der Waals surface area (Å²) in [6, 6.07) is 0. The Bertz CT molecular complexity index is 1200. The largest absolute Gasteiger partial charge is 0.462 e. The molecule has 1 rings (SSSR count). The minimum absolute atomic E-state index is 0.148. The number of rotatable bonds is 43. The Labute approximate surface area is 377 Å². The third kappa shape index (κ3) is 33.8. The Morgan fingerprint density at radius 1 is 0.532 bits per heavy atom. The van der Waals surface area contributed by atoms with Gasteiger partial charge in [0.2, 0.25) is 0 Å². The number of hydrogen-bond donors (Lipinski definition) is 4. The maximum Gasteiger partial charge on any atom is 0.306 e. The molecule has 366 valence electrons. The number of ether oxygens (including phenoxy) is 4. The van der Waals surface area contributed by atoms with E-state index in [2.05, 4.69) is 26.0 Å². The van der Waals surface area contributed by atoms with Gasteiger partial charge in [-0.25, -0.2) is 0 Å². The summed E-state index contributed by atoms with van der Waals surface area (Å²) in [4.78, 5) is 25.5. The van der Waals surface area contributed by atoms with Crippen LogP contribution in [0.25, 0.3) is 0 Å². The van der Waals surface area contributed by atoms with Crippen molar-refractivity contribution in [2.45, 2.75) is 269 Å². The van der Waals surface area contributed by atoms with Crippen molar-refractivity contribution < 1.29 is 56.8 Å². The van der Waals surface area contributed by atoms with E-state index in [1.807, 2.05) is 0 Å². The number of esters is 2. The summed E-state index contributed by atoms with van der Waals surface area (Å²) in [5, 5.41) is 30.9. The van der Waals surface area contributed by atoms with Gasteiger partial charge in [0.1, 0.15) is 36.8 Å². The molecule has 0 radical (unpaired) electrons. The predicted molar refractivity (Wildman–Crippen MR) is 247 cm³/mol. The van der Waals surface area contributed by atoms with Crippen LogP contribution in [0.1, 0.15) is 232 Å². The molecule has 1 saturated heterocycles. The quantitative estimate of drug-likeness (QED) is 0.0197. The molecular formula is C49H92O12S. The van der Waals surface area contributed by atoms with Gasteiger partial charge in [-0.05, 0) is 38.5 Å². The molecule has 2 unspecified atom stereocenters. The first kappa shape index (κ1) is 58.4. The van der Waals surface area contributed by atoms with Crippen LogP contribution in [0.15, 0.2) is 12.2 Å². The molecule has 0 saturated carbocycles. The molecule has 0 spiro atoms. The van der Waals surface area contributed by atoms with Crippen LogP contribution in [0.5, 0.6) is 0 Å². The fraction of sp³-hybridized carbons (Fsp3) is 0.918. The molecule has 0 aliphatic carbocycles. The summed E-state index contributed by atoms with van der Waals surface area (Å²) in [7, 11) is -4.60. The molecule has 0 aromatic carbocycles. The molecule has 13 heteroatoms. The monoisotopic (exact) mass is 905 g/mol. The molecule has 0 aromatic heterocycles. The highest BCUT2D eigenvalue weighted by Gasteiger charge is 2.46. The summed E-state index contributed by atoms with van der Waals surface area (Å²) in [6.07, 6.45) is 34.0. The van der Waals surface area contributed by atoms with Crippen LogP contribution in [0.4, 0.5) is 0 Å². The highest BCUT2D eigenvalue weighted by atomic mass is 32.2. The van der Waals surface area contributed by atoms with Gasteiger partial charge >= 0.3 is 11.9 Å². The van der Waals surface area contributed by atoms with Crippen LogP contribution in [0.3, 0.4) is 0 Å². The summed E-state index contributed by atoms with van der Waals surface area (Å²) in [6.45, 7) is 3.78. The Morgan fingerprint density at radius 3 is 1.35 bits per heavy atom. The van der Waals surface area contributed by atoms with Gasteiger partial charge in [-0.15, -0.1) is 0 Å². The zero-order valence-electron chi connectivity index (χ0n) is 39.2.